The fourth-order valence-electron chi connectivity index (χ4n) is 1.52. The van der Waals surface area contributed by atoms with E-state index in [9.17, 15) is 4.79 Å². The standard InChI is InChI=1S/C13H14N2O/c1-9(10(2)16)15-12-5-6-13-11(8-12)4-3-7-14-13/h3-9,15H,1-2H3/t9-/m0/s1. The topological polar surface area (TPSA) is 42.0 Å². The molecule has 3 nitrogen and oxygen atoms in total. The zero-order valence-corrected chi connectivity index (χ0v) is 9.40. The minimum Gasteiger partial charge on any atom is -0.376 e. The number of aromatic nitrogens is 1. The van der Waals surface area contributed by atoms with E-state index < -0.39 is 0 Å². The lowest BCUT2D eigenvalue weighted by Crippen LogP contribution is -2.23. The van der Waals surface area contributed by atoms with Crippen molar-refractivity contribution < 1.29 is 4.79 Å². The molecule has 82 valence electrons. The summed E-state index contributed by atoms with van der Waals surface area (Å²) in [4.78, 5) is 15.4. The summed E-state index contributed by atoms with van der Waals surface area (Å²) in [7, 11) is 0. The molecule has 0 fully saturated rings. The van der Waals surface area contributed by atoms with Crippen LogP contribution >= 0.6 is 0 Å². The molecule has 1 atom stereocenters. The summed E-state index contributed by atoms with van der Waals surface area (Å²) in [5.74, 6) is 0.131. The Morgan fingerprint density at radius 1 is 1.38 bits per heavy atom. The van der Waals surface area contributed by atoms with Gasteiger partial charge < -0.3 is 5.32 Å². The lowest BCUT2D eigenvalue weighted by atomic mass is 10.1. The Morgan fingerprint density at radius 3 is 2.94 bits per heavy atom. The molecule has 1 aromatic heterocycles. The van der Waals surface area contributed by atoms with Crippen LogP contribution in [0, 0.1) is 0 Å². The Labute approximate surface area is 94.5 Å². The number of nitrogens with one attached hydrogen (secondary N) is 1. The highest BCUT2D eigenvalue weighted by molar-refractivity contribution is 5.86. The Bertz CT molecular complexity index is 522. The summed E-state index contributed by atoms with van der Waals surface area (Å²) < 4.78 is 0. The van der Waals surface area contributed by atoms with Crippen LogP contribution in [-0.4, -0.2) is 16.8 Å². The third-order valence-electron chi connectivity index (χ3n) is 2.60. The van der Waals surface area contributed by atoms with E-state index in [0.29, 0.717) is 0 Å². The van der Waals surface area contributed by atoms with Crippen LogP contribution in [0.25, 0.3) is 10.9 Å². The highest BCUT2D eigenvalue weighted by Gasteiger charge is 2.06. The first-order valence-corrected chi connectivity index (χ1v) is 5.28. The Balaban J connectivity index is 2.29. The maximum atomic E-state index is 11.1. The van der Waals surface area contributed by atoms with E-state index in [1.165, 1.54) is 0 Å². The highest BCUT2D eigenvalue weighted by atomic mass is 16.1. The van der Waals surface area contributed by atoms with Crippen LogP contribution in [0.1, 0.15) is 13.8 Å². The van der Waals surface area contributed by atoms with Crippen molar-refractivity contribution in [3.63, 3.8) is 0 Å². The van der Waals surface area contributed by atoms with Gasteiger partial charge in [0.15, 0.2) is 5.78 Å². The Morgan fingerprint density at radius 2 is 2.19 bits per heavy atom. The maximum Gasteiger partial charge on any atom is 0.151 e. The van der Waals surface area contributed by atoms with E-state index in [1.54, 1.807) is 13.1 Å². The smallest absolute Gasteiger partial charge is 0.151 e. The molecular weight excluding hydrogens is 200 g/mol. The van der Waals surface area contributed by atoms with Gasteiger partial charge in [0.05, 0.1) is 11.6 Å². The summed E-state index contributed by atoms with van der Waals surface area (Å²) >= 11 is 0. The second-order valence-electron chi connectivity index (χ2n) is 3.89. The third kappa shape index (κ3) is 2.19. The SMILES string of the molecule is CC(=O)[C@H](C)Nc1ccc2ncccc2c1. The predicted molar refractivity (Wildman–Crippen MR) is 65.5 cm³/mol. The zero-order valence-electron chi connectivity index (χ0n) is 9.40. The summed E-state index contributed by atoms with van der Waals surface area (Å²) in [5, 5.41) is 4.23. The van der Waals surface area contributed by atoms with Gasteiger partial charge in [-0.05, 0) is 38.1 Å². The fourth-order valence-corrected chi connectivity index (χ4v) is 1.52. The average Bonchev–Trinajstić information content (AvgIpc) is 2.28. The molecule has 0 saturated carbocycles. The van der Waals surface area contributed by atoms with Crippen LogP contribution in [0.5, 0.6) is 0 Å². The number of Topliss-reactive ketones (excluding diaryl/α,β-unsaturated/α-hetero) is 1. The zero-order chi connectivity index (χ0) is 11.5. The van der Waals surface area contributed by atoms with Crippen LogP contribution in [-0.2, 0) is 4.79 Å². The van der Waals surface area contributed by atoms with Gasteiger partial charge >= 0.3 is 0 Å². The summed E-state index contributed by atoms with van der Waals surface area (Å²) in [5.41, 5.74) is 1.91. The van der Waals surface area contributed by atoms with Crippen LogP contribution in [0.2, 0.25) is 0 Å². The highest BCUT2D eigenvalue weighted by Crippen LogP contribution is 2.17. The molecule has 1 N–H and O–H groups in total. The molecule has 0 saturated heterocycles. The van der Waals surface area contributed by atoms with Crippen molar-refractivity contribution >= 4 is 22.4 Å². The van der Waals surface area contributed by atoms with Crippen molar-refractivity contribution in [1.29, 1.82) is 0 Å². The molecule has 1 aromatic carbocycles. The van der Waals surface area contributed by atoms with Gasteiger partial charge in [-0.3, -0.25) is 9.78 Å². The van der Waals surface area contributed by atoms with Crippen molar-refractivity contribution in [1.82, 2.24) is 4.98 Å². The second-order valence-corrected chi connectivity index (χ2v) is 3.89. The number of nitrogens with zero attached hydrogens (tertiary/aromatic N) is 1. The first-order valence-electron chi connectivity index (χ1n) is 5.28. The number of carbonyl (C=O) groups excluding carboxylic acids is 1. The Kier molecular flexibility index (Phi) is 2.86. The van der Waals surface area contributed by atoms with E-state index in [2.05, 4.69) is 10.3 Å². The van der Waals surface area contributed by atoms with Gasteiger partial charge in [-0.25, -0.2) is 0 Å². The summed E-state index contributed by atoms with van der Waals surface area (Å²) in [6.07, 6.45) is 1.77. The fraction of sp³-hybridized carbons (Fsp3) is 0.231. The number of fused-ring (bicyclic) bond motifs is 1. The van der Waals surface area contributed by atoms with E-state index in [1.807, 2.05) is 37.3 Å². The van der Waals surface area contributed by atoms with E-state index in [0.717, 1.165) is 16.6 Å². The number of carbonyl (C=O) groups is 1. The third-order valence-corrected chi connectivity index (χ3v) is 2.60. The van der Waals surface area contributed by atoms with Crippen LogP contribution in [0.4, 0.5) is 5.69 Å². The molecule has 2 rings (SSSR count). The molecule has 1 heterocycles. The molecule has 0 aliphatic rings. The van der Waals surface area contributed by atoms with Gasteiger partial charge in [0.25, 0.3) is 0 Å². The minimum absolute atomic E-state index is 0.131. The molecule has 0 bridgehead atoms. The Hall–Kier alpha value is -1.90. The predicted octanol–water partition coefficient (Wildman–Crippen LogP) is 2.62. The summed E-state index contributed by atoms with van der Waals surface area (Å²) in [6.45, 7) is 3.44. The van der Waals surface area contributed by atoms with Gasteiger partial charge in [0.1, 0.15) is 0 Å². The van der Waals surface area contributed by atoms with Crippen molar-refractivity contribution in [3.8, 4) is 0 Å². The molecule has 0 amide bonds. The van der Waals surface area contributed by atoms with Gasteiger partial charge in [0, 0.05) is 17.3 Å². The normalized spacial score (nSPS) is 12.4. The molecular formula is C13H14N2O. The monoisotopic (exact) mass is 214 g/mol. The second kappa shape index (κ2) is 4.31. The van der Waals surface area contributed by atoms with Gasteiger partial charge in [-0.15, -0.1) is 0 Å². The number of ketones is 1. The maximum absolute atomic E-state index is 11.1. The van der Waals surface area contributed by atoms with Crippen LogP contribution in [0.3, 0.4) is 0 Å². The number of rotatable bonds is 3. The van der Waals surface area contributed by atoms with Crippen LogP contribution in [0.15, 0.2) is 36.5 Å². The van der Waals surface area contributed by atoms with E-state index in [-0.39, 0.29) is 11.8 Å². The average molecular weight is 214 g/mol. The van der Waals surface area contributed by atoms with E-state index >= 15 is 0 Å². The lowest BCUT2D eigenvalue weighted by Gasteiger charge is -2.12. The van der Waals surface area contributed by atoms with Crippen molar-refractivity contribution in [2.24, 2.45) is 0 Å². The molecule has 0 unspecified atom stereocenters. The molecule has 2 aromatic rings. The number of hydrogen-bond donors (Lipinski definition) is 1. The number of pyridine rings is 1. The molecule has 3 heteroatoms. The van der Waals surface area contributed by atoms with Crippen LogP contribution < -0.4 is 5.32 Å². The molecule has 0 aliphatic heterocycles. The largest absolute Gasteiger partial charge is 0.376 e. The van der Waals surface area contributed by atoms with Crippen molar-refractivity contribution in [2.45, 2.75) is 19.9 Å². The van der Waals surface area contributed by atoms with Gasteiger partial charge in [0.2, 0.25) is 0 Å². The van der Waals surface area contributed by atoms with Gasteiger partial charge in [-0.1, -0.05) is 6.07 Å². The molecule has 0 radical (unpaired) electrons. The first-order chi connectivity index (χ1) is 7.66. The number of anilines is 1. The molecule has 0 aliphatic carbocycles. The lowest BCUT2D eigenvalue weighted by molar-refractivity contribution is -0.117. The number of benzene rings is 1. The molecule has 0 spiro atoms. The quantitative estimate of drug-likeness (QED) is 0.854. The van der Waals surface area contributed by atoms with Gasteiger partial charge in [-0.2, -0.15) is 0 Å². The van der Waals surface area contributed by atoms with Crippen molar-refractivity contribution in [3.05, 3.63) is 36.5 Å². The first kappa shape index (κ1) is 10.6. The summed E-state index contributed by atoms with van der Waals surface area (Å²) in [6, 6.07) is 9.64. The molecule has 16 heavy (non-hydrogen) atoms. The number of hydrogen-bond acceptors (Lipinski definition) is 3. The van der Waals surface area contributed by atoms with Crippen molar-refractivity contribution in [2.75, 3.05) is 5.32 Å². The minimum atomic E-state index is -0.158. The van der Waals surface area contributed by atoms with E-state index in [4.69, 9.17) is 0 Å².